The Kier molecular flexibility index (Phi) is 3.69. The second kappa shape index (κ2) is 5.64. The van der Waals surface area contributed by atoms with Gasteiger partial charge in [-0.1, -0.05) is 30.3 Å². The maximum atomic E-state index is 13.3. The first-order valence-electron chi connectivity index (χ1n) is 6.97. The molecule has 0 bridgehead atoms. The maximum absolute atomic E-state index is 13.3. The van der Waals surface area contributed by atoms with Crippen molar-refractivity contribution in [3.05, 3.63) is 71.3 Å². The minimum absolute atomic E-state index is 0.0231. The molecule has 0 radical (unpaired) electrons. The molecule has 1 aliphatic heterocycles. The Bertz CT molecular complexity index is 637. The van der Waals surface area contributed by atoms with E-state index >= 15 is 0 Å². The number of carbonyl (C=O) groups excluding carboxylic acids is 1. The molecule has 4 heteroatoms. The first-order chi connectivity index (χ1) is 10.1. The first kappa shape index (κ1) is 13.7. The number of carbonyl (C=O) groups is 1. The fourth-order valence-electron chi connectivity index (χ4n) is 2.87. The van der Waals surface area contributed by atoms with Crippen LogP contribution >= 0.6 is 0 Å². The second-order valence-electron chi connectivity index (χ2n) is 5.23. The summed E-state index contributed by atoms with van der Waals surface area (Å²) < 4.78 is 26.6. The van der Waals surface area contributed by atoms with Gasteiger partial charge >= 0.3 is 0 Å². The third kappa shape index (κ3) is 2.79. The zero-order valence-corrected chi connectivity index (χ0v) is 11.4. The largest absolute Gasteiger partial charge is 0.332 e. The van der Waals surface area contributed by atoms with Crippen LogP contribution in [0.4, 0.5) is 8.78 Å². The van der Waals surface area contributed by atoms with Crippen LogP contribution in [0, 0.1) is 11.6 Å². The van der Waals surface area contributed by atoms with E-state index in [0.717, 1.165) is 36.6 Å². The fraction of sp³-hybridized carbons (Fsp3) is 0.235. The van der Waals surface area contributed by atoms with E-state index in [9.17, 15) is 13.6 Å². The van der Waals surface area contributed by atoms with Crippen molar-refractivity contribution in [2.24, 2.45) is 0 Å². The van der Waals surface area contributed by atoms with Gasteiger partial charge in [0, 0.05) is 18.2 Å². The average molecular weight is 287 g/mol. The summed E-state index contributed by atoms with van der Waals surface area (Å²) in [5, 5.41) is 0. The molecule has 1 saturated heterocycles. The van der Waals surface area contributed by atoms with Gasteiger partial charge in [0.2, 0.25) is 0 Å². The molecule has 1 amide bonds. The van der Waals surface area contributed by atoms with E-state index in [1.165, 1.54) is 0 Å². The van der Waals surface area contributed by atoms with Crippen LogP contribution in [-0.4, -0.2) is 17.4 Å². The highest BCUT2D eigenvalue weighted by Crippen LogP contribution is 2.33. The zero-order valence-electron chi connectivity index (χ0n) is 11.4. The van der Waals surface area contributed by atoms with Crippen molar-refractivity contribution in [3.8, 4) is 0 Å². The van der Waals surface area contributed by atoms with Gasteiger partial charge in [0.25, 0.3) is 5.91 Å². The van der Waals surface area contributed by atoms with E-state index < -0.39 is 11.6 Å². The van der Waals surface area contributed by atoms with Crippen molar-refractivity contribution in [2.75, 3.05) is 6.54 Å². The molecule has 0 aliphatic carbocycles. The number of amides is 1. The van der Waals surface area contributed by atoms with Crippen molar-refractivity contribution in [1.82, 2.24) is 4.90 Å². The van der Waals surface area contributed by atoms with Gasteiger partial charge in [-0.25, -0.2) is 8.78 Å². The number of hydrogen-bond acceptors (Lipinski definition) is 1. The molecule has 0 aromatic heterocycles. The SMILES string of the molecule is O=C(c1cc(F)cc(F)c1)N1CCCC1c1ccccc1. The molecule has 0 N–H and O–H groups in total. The van der Waals surface area contributed by atoms with Gasteiger partial charge < -0.3 is 4.90 Å². The summed E-state index contributed by atoms with van der Waals surface area (Å²) in [6, 6.07) is 12.7. The monoisotopic (exact) mass is 287 g/mol. The molecule has 1 unspecified atom stereocenters. The Labute approximate surface area is 122 Å². The molecule has 2 nitrogen and oxygen atoms in total. The predicted octanol–water partition coefficient (Wildman–Crippen LogP) is 3.94. The Morgan fingerprint density at radius 3 is 2.38 bits per heavy atom. The van der Waals surface area contributed by atoms with Crippen molar-refractivity contribution < 1.29 is 13.6 Å². The van der Waals surface area contributed by atoms with Crippen LogP contribution in [-0.2, 0) is 0 Å². The van der Waals surface area contributed by atoms with Crippen LogP contribution in [0.2, 0.25) is 0 Å². The summed E-state index contributed by atoms with van der Waals surface area (Å²) in [6.45, 7) is 0.608. The van der Waals surface area contributed by atoms with Gasteiger partial charge in [-0.05, 0) is 30.5 Å². The van der Waals surface area contributed by atoms with E-state index in [1.54, 1.807) is 4.90 Å². The Balaban J connectivity index is 1.90. The molecular weight excluding hydrogens is 272 g/mol. The number of rotatable bonds is 2. The maximum Gasteiger partial charge on any atom is 0.254 e. The molecule has 3 rings (SSSR count). The standard InChI is InChI=1S/C17H15F2NO/c18-14-9-13(10-15(19)11-14)17(21)20-8-4-7-16(20)12-5-2-1-3-6-12/h1-3,5-6,9-11,16H,4,7-8H2. The summed E-state index contributed by atoms with van der Waals surface area (Å²) in [5.41, 5.74) is 1.12. The zero-order chi connectivity index (χ0) is 14.8. The Hall–Kier alpha value is -2.23. The van der Waals surface area contributed by atoms with Crippen LogP contribution in [0.25, 0.3) is 0 Å². The lowest BCUT2D eigenvalue weighted by atomic mass is 10.0. The van der Waals surface area contributed by atoms with Gasteiger partial charge in [0.15, 0.2) is 0 Å². The quantitative estimate of drug-likeness (QED) is 0.819. The topological polar surface area (TPSA) is 20.3 Å². The van der Waals surface area contributed by atoms with Gasteiger partial charge in [-0.2, -0.15) is 0 Å². The number of hydrogen-bond donors (Lipinski definition) is 0. The third-order valence-corrected chi connectivity index (χ3v) is 3.81. The number of halogens is 2. The lowest BCUT2D eigenvalue weighted by Crippen LogP contribution is -2.30. The summed E-state index contributed by atoms with van der Waals surface area (Å²) in [5.74, 6) is -1.78. The predicted molar refractivity (Wildman–Crippen MR) is 75.8 cm³/mol. The lowest BCUT2D eigenvalue weighted by molar-refractivity contribution is 0.0734. The minimum Gasteiger partial charge on any atom is -0.332 e. The van der Waals surface area contributed by atoms with Gasteiger partial charge in [-0.15, -0.1) is 0 Å². The first-order valence-corrected chi connectivity index (χ1v) is 6.97. The van der Waals surface area contributed by atoms with E-state index in [2.05, 4.69) is 0 Å². The van der Waals surface area contributed by atoms with Crippen LogP contribution in [0.3, 0.4) is 0 Å². The average Bonchev–Trinajstić information content (AvgIpc) is 2.95. The van der Waals surface area contributed by atoms with Crippen LogP contribution in [0.1, 0.15) is 34.8 Å². The molecule has 108 valence electrons. The van der Waals surface area contributed by atoms with Crippen LogP contribution in [0.15, 0.2) is 48.5 Å². The molecule has 21 heavy (non-hydrogen) atoms. The summed E-state index contributed by atoms with van der Waals surface area (Å²) in [6.07, 6.45) is 1.76. The number of nitrogens with zero attached hydrogens (tertiary/aromatic N) is 1. The second-order valence-corrected chi connectivity index (χ2v) is 5.23. The molecule has 2 aromatic carbocycles. The van der Waals surface area contributed by atoms with Crippen molar-refractivity contribution in [2.45, 2.75) is 18.9 Å². The number of benzene rings is 2. The van der Waals surface area contributed by atoms with Gasteiger partial charge in [-0.3, -0.25) is 4.79 Å². The van der Waals surface area contributed by atoms with E-state index in [1.807, 2.05) is 30.3 Å². The molecule has 1 atom stereocenters. The minimum atomic E-state index is -0.728. The van der Waals surface area contributed by atoms with Crippen molar-refractivity contribution in [1.29, 1.82) is 0 Å². The molecule has 1 heterocycles. The Morgan fingerprint density at radius 1 is 1.05 bits per heavy atom. The lowest BCUT2D eigenvalue weighted by Gasteiger charge is -2.25. The smallest absolute Gasteiger partial charge is 0.254 e. The Morgan fingerprint density at radius 2 is 1.71 bits per heavy atom. The molecule has 0 spiro atoms. The molecule has 2 aromatic rings. The third-order valence-electron chi connectivity index (χ3n) is 3.81. The normalized spacial score (nSPS) is 18.0. The highest BCUT2D eigenvalue weighted by atomic mass is 19.1. The van der Waals surface area contributed by atoms with E-state index in [4.69, 9.17) is 0 Å². The summed E-state index contributed by atoms with van der Waals surface area (Å²) >= 11 is 0. The number of likely N-dealkylation sites (tertiary alicyclic amines) is 1. The van der Waals surface area contributed by atoms with Gasteiger partial charge in [0.1, 0.15) is 11.6 Å². The molecule has 1 fully saturated rings. The van der Waals surface area contributed by atoms with Crippen LogP contribution in [0.5, 0.6) is 0 Å². The summed E-state index contributed by atoms with van der Waals surface area (Å²) in [7, 11) is 0. The van der Waals surface area contributed by atoms with Crippen molar-refractivity contribution in [3.63, 3.8) is 0 Å². The summed E-state index contributed by atoms with van der Waals surface area (Å²) in [4.78, 5) is 14.2. The highest BCUT2D eigenvalue weighted by Gasteiger charge is 2.30. The van der Waals surface area contributed by atoms with Crippen LogP contribution < -0.4 is 0 Å². The van der Waals surface area contributed by atoms with E-state index in [0.29, 0.717) is 6.54 Å². The molecule has 1 aliphatic rings. The fourth-order valence-corrected chi connectivity index (χ4v) is 2.87. The highest BCUT2D eigenvalue weighted by molar-refractivity contribution is 5.94. The molecule has 0 saturated carbocycles. The van der Waals surface area contributed by atoms with Gasteiger partial charge in [0.05, 0.1) is 6.04 Å². The molecular formula is C17H15F2NO. The van der Waals surface area contributed by atoms with Crippen molar-refractivity contribution >= 4 is 5.91 Å². The van der Waals surface area contributed by atoms with E-state index in [-0.39, 0.29) is 17.5 Å².